The van der Waals surface area contributed by atoms with Gasteiger partial charge in [0.2, 0.25) is 0 Å². The molecule has 0 heterocycles. The Bertz CT molecular complexity index is 238. The molecule has 0 nitrogen and oxygen atoms in total. The molecular formula is C12H17F. The van der Waals surface area contributed by atoms with Gasteiger partial charge in [0, 0.05) is 0 Å². The van der Waals surface area contributed by atoms with E-state index in [1.54, 1.807) is 6.08 Å². The average molecular weight is 180 g/mol. The van der Waals surface area contributed by atoms with Gasteiger partial charge in [-0.15, -0.1) is 0 Å². The molecule has 0 aromatic carbocycles. The van der Waals surface area contributed by atoms with Gasteiger partial charge >= 0.3 is 0 Å². The highest BCUT2D eigenvalue weighted by Gasteiger charge is 2.22. The fourth-order valence-corrected chi connectivity index (χ4v) is 1.88. The third-order valence-electron chi connectivity index (χ3n) is 2.70. The normalized spacial score (nSPS) is 28.2. The quantitative estimate of drug-likeness (QED) is 0.575. The zero-order valence-corrected chi connectivity index (χ0v) is 8.22. The zero-order valence-electron chi connectivity index (χ0n) is 8.22. The summed E-state index contributed by atoms with van der Waals surface area (Å²) in [7, 11) is 0. The molecule has 0 aliphatic heterocycles. The molecule has 1 aliphatic rings. The molecule has 1 heteroatoms. The van der Waals surface area contributed by atoms with Crippen molar-refractivity contribution in [3.8, 4) is 0 Å². The lowest BCUT2D eigenvalue weighted by molar-refractivity contribution is 0.577. The van der Waals surface area contributed by atoms with Crippen LogP contribution in [0.2, 0.25) is 0 Å². The molecule has 0 radical (unpaired) electrons. The van der Waals surface area contributed by atoms with Gasteiger partial charge in [-0.1, -0.05) is 38.2 Å². The van der Waals surface area contributed by atoms with Crippen molar-refractivity contribution in [1.29, 1.82) is 0 Å². The van der Waals surface area contributed by atoms with Gasteiger partial charge in [-0.25, -0.2) is 4.39 Å². The maximum Gasteiger partial charge on any atom is 0.116 e. The van der Waals surface area contributed by atoms with Crippen molar-refractivity contribution in [3.63, 3.8) is 0 Å². The van der Waals surface area contributed by atoms with Crippen molar-refractivity contribution in [1.82, 2.24) is 0 Å². The van der Waals surface area contributed by atoms with Gasteiger partial charge < -0.3 is 0 Å². The van der Waals surface area contributed by atoms with E-state index in [1.807, 2.05) is 0 Å². The summed E-state index contributed by atoms with van der Waals surface area (Å²) >= 11 is 0. The molecule has 1 rings (SSSR count). The molecule has 2 unspecified atom stereocenters. The van der Waals surface area contributed by atoms with Crippen LogP contribution in [-0.4, -0.2) is 0 Å². The number of hydrogen-bond donors (Lipinski definition) is 0. The smallest absolute Gasteiger partial charge is 0.116 e. The molecule has 1 aliphatic carbocycles. The zero-order chi connectivity index (χ0) is 9.84. The van der Waals surface area contributed by atoms with Crippen LogP contribution >= 0.6 is 0 Å². The highest BCUT2D eigenvalue weighted by atomic mass is 19.1. The molecular weight excluding hydrogens is 163 g/mol. The fourth-order valence-electron chi connectivity index (χ4n) is 1.88. The molecule has 0 amide bonds. The molecule has 2 atom stereocenters. The Morgan fingerprint density at radius 2 is 2.00 bits per heavy atom. The first-order valence-corrected chi connectivity index (χ1v) is 4.81. The Morgan fingerprint density at radius 3 is 2.46 bits per heavy atom. The van der Waals surface area contributed by atoms with Gasteiger partial charge in [-0.2, -0.15) is 0 Å². The fraction of sp³-hybridized carbons (Fsp3) is 0.500. The standard InChI is InChI=1S/C12H17F/c1-9-4-7-12(8-9)10(2)5-6-11(3)13/h5-6,9,12H,2-4,7-8H2,1H3/b6-5-. The van der Waals surface area contributed by atoms with E-state index in [0.29, 0.717) is 5.92 Å². The van der Waals surface area contributed by atoms with Crippen LogP contribution in [0.15, 0.2) is 36.7 Å². The predicted molar refractivity (Wildman–Crippen MR) is 55.0 cm³/mol. The van der Waals surface area contributed by atoms with Gasteiger partial charge in [0.15, 0.2) is 0 Å². The first-order valence-electron chi connectivity index (χ1n) is 4.81. The van der Waals surface area contributed by atoms with Crippen molar-refractivity contribution in [3.05, 3.63) is 36.7 Å². The van der Waals surface area contributed by atoms with Crippen LogP contribution in [0.3, 0.4) is 0 Å². The SMILES string of the molecule is C=C(F)/C=C\C(=C)C1CCC(C)C1. The minimum absolute atomic E-state index is 0.396. The number of rotatable bonds is 3. The summed E-state index contributed by atoms with van der Waals surface area (Å²) in [5.41, 5.74) is 1.04. The summed E-state index contributed by atoms with van der Waals surface area (Å²) in [6.07, 6.45) is 6.81. The van der Waals surface area contributed by atoms with Gasteiger partial charge in [0.1, 0.15) is 5.83 Å². The molecule has 13 heavy (non-hydrogen) atoms. The van der Waals surface area contributed by atoms with E-state index in [4.69, 9.17) is 0 Å². The molecule has 0 N–H and O–H groups in total. The lowest BCUT2D eigenvalue weighted by atomic mass is 9.97. The van der Waals surface area contributed by atoms with E-state index in [1.165, 1.54) is 25.3 Å². The molecule has 0 aromatic heterocycles. The topological polar surface area (TPSA) is 0 Å². The summed E-state index contributed by atoms with van der Waals surface area (Å²) in [6.45, 7) is 9.38. The van der Waals surface area contributed by atoms with Crippen molar-refractivity contribution < 1.29 is 4.39 Å². The second-order valence-electron chi connectivity index (χ2n) is 3.97. The van der Waals surface area contributed by atoms with Crippen LogP contribution in [0.5, 0.6) is 0 Å². The molecule has 0 bridgehead atoms. The Morgan fingerprint density at radius 1 is 1.31 bits per heavy atom. The minimum Gasteiger partial charge on any atom is -0.208 e. The first kappa shape index (κ1) is 10.2. The Kier molecular flexibility index (Phi) is 3.47. The van der Waals surface area contributed by atoms with Crippen LogP contribution in [0.4, 0.5) is 4.39 Å². The maximum absolute atomic E-state index is 12.3. The molecule has 0 spiro atoms. The van der Waals surface area contributed by atoms with E-state index < -0.39 is 5.83 Å². The van der Waals surface area contributed by atoms with Gasteiger partial charge in [0.25, 0.3) is 0 Å². The van der Waals surface area contributed by atoms with E-state index in [2.05, 4.69) is 20.1 Å². The largest absolute Gasteiger partial charge is 0.208 e. The summed E-state index contributed by atoms with van der Waals surface area (Å²) in [4.78, 5) is 0. The summed E-state index contributed by atoms with van der Waals surface area (Å²) in [6, 6.07) is 0. The Balaban J connectivity index is 2.44. The van der Waals surface area contributed by atoms with Crippen LogP contribution in [0.1, 0.15) is 26.2 Å². The lowest BCUT2D eigenvalue weighted by Crippen LogP contribution is -1.95. The highest BCUT2D eigenvalue weighted by molar-refractivity contribution is 5.23. The minimum atomic E-state index is -0.396. The third kappa shape index (κ3) is 3.17. The predicted octanol–water partition coefficient (Wildman–Crippen LogP) is 4.02. The maximum atomic E-state index is 12.3. The molecule has 0 aromatic rings. The molecule has 0 saturated heterocycles. The van der Waals surface area contributed by atoms with Crippen molar-refractivity contribution in [2.75, 3.05) is 0 Å². The van der Waals surface area contributed by atoms with E-state index in [0.717, 1.165) is 11.5 Å². The second kappa shape index (κ2) is 4.40. The Hall–Kier alpha value is -0.850. The molecule has 72 valence electrons. The lowest BCUT2D eigenvalue weighted by Gasteiger charge is -2.08. The average Bonchev–Trinajstić information content (AvgIpc) is 2.47. The number of allylic oxidation sites excluding steroid dienone is 4. The van der Waals surface area contributed by atoms with Crippen LogP contribution in [0, 0.1) is 11.8 Å². The number of hydrogen-bond acceptors (Lipinski definition) is 0. The first-order chi connectivity index (χ1) is 6.09. The van der Waals surface area contributed by atoms with Gasteiger partial charge in [0.05, 0.1) is 0 Å². The molecule has 1 saturated carbocycles. The second-order valence-corrected chi connectivity index (χ2v) is 3.97. The van der Waals surface area contributed by atoms with E-state index in [-0.39, 0.29) is 0 Å². The van der Waals surface area contributed by atoms with E-state index in [9.17, 15) is 4.39 Å². The summed E-state index contributed by atoms with van der Waals surface area (Å²) in [5, 5.41) is 0. The van der Waals surface area contributed by atoms with Gasteiger partial charge in [-0.3, -0.25) is 0 Å². The van der Waals surface area contributed by atoms with Crippen LogP contribution in [0.25, 0.3) is 0 Å². The number of halogens is 1. The van der Waals surface area contributed by atoms with Crippen molar-refractivity contribution in [2.24, 2.45) is 11.8 Å². The van der Waals surface area contributed by atoms with Gasteiger partial charge in [-0.05, 0) is 30.8 Å². The van der Waals surface area contributed by atoms with Crippen molar-refractivity contribution in [2.45, 2.75) is 26.2 Å². The van der Waals surface area contributed by atoms with E-state index >= 15 is 0 Å². The van der Waals surface area contributed by atoms with Crippen LogP contribution < -0.4 is 0 Å². The summed E-state index contributed by atoms with van der Waals surface area (Å²) in [5.74, 6) is 0.960. The molecule has 1 fully saturated rings. The highest BCUT2D eigenvalue weighted by Crippen LogP contribution is 2.35. The summed E-state index contributed by atoms with van der Waals surface area (Å²) < 4.78 is 12.3. The third-order valence-corrected chi connectivity index (χ3v) is 2.70. The van der Waals surface area contributed by atoms with Crippen molar-refractivity contribution >= 4 is 0 Å². The van der Waals surface area contributed by atoms with Crippen LogP contribution in [-0.2, 0) is 0 Å². The Labute approximate surface area is 79.8 Å². The monoisotopic (exact) mass is 180 g/mol.